The largest absolute Gasteiger partial charge is 0.346 e. The molecule has 0 bridgehead atoms. The van der Waals surface area contributed by atoms with Gasteiger partial charge in [0.2, 0.25) is 0 Å². The van der Waals surface area contributed by atoms with Gasteiger partial charge in [0.25, 0.3) is 5.91 Å². The van der Waals surface area contributed by atoms with Crippen molar-refractivity contribution in [2.24, 2.45) is 0 Å². The van der Waals surface area contributed by atoms with Gasteiger partial charge < -0.3 is 5.32 Å². The lowest BCUT2D eigenvalue weighted by Crippen LogP contribution is -2.47. The standard InChI is InChI=1S/C12H15ClINO/c1-3-12(2,8-13)15-11(16)9-4-6-10(14)7-5-9/h4-7H,3,8H2,1-2H3,(H,15,16). The molecule has 0 saturated heterocycles. The first-order chi connectivity index (χ1) is 7.50. The molecule has 4 heteroatoms. The second kappa shape index (κ2) is 5.87. The van der Waals surface area contributed by atoms with E-state index in [1.165, 1.54) is 0 Å². The minimum Gasteiger partial charge on any atom is -0.346 e. The summed E-state index contributed by atoms with van der Waals surface area (Å²) in [5.41, 5.74) is 0.340. The van der Waals surface area contributed by atoms with Gasteiger partial charge in [-0.15, -0.1) is 11.6 Å². The lowest BCUT2D eigenvalue weighted by atomic mass is 10.0. The van der Waals surface area contributed by atoms with Gasteiger partial charge in [-0.3, -0.25) is 4.79 Å². The van der Waals surface area contributed by atoms with Gasteiger partial charge >= 0.3 is 0 Å². The van der Waals surface area contributed by atoms with Gasteiger partial charge in [0, 0.05) is 15.0 Å². The highest BCUT2D eigenvalue weighted by molar-refractivity contribution is 14.1. The number of nitrogens with one attached hydrogen (secondary N) is 1. The van der Waals surface area contributed by atoms with E-state index in [0.29, 0.717) is 11.4 Å². The molecule has 0 aromatic heterocycles. The second-order valence-electron chi connectivity index (χ2n) is 4.01. The molecule has 16 heavy (non-hydrogen) atoms. The number of amides is 1. The van der Waals surface area contributed by atoms with Crippen LogP contribution < -0.4 is 5.32 Å². The Balaban J connectivity index is 2.76. The zero-order chi connectivity index (χ0) is 12.2. The second-order valence-corrected chi connectivity index (χ2v) is 5.52. The summed E-state index contributed by atoms with van der Waals surface area (Å²) in [7, 11) is 0. The smallest absolute Gasteiger partial charge is 0.251 e. The van der Waals surface area contributed by atoms with E-state index < -0.39 is 0 Å². The fourth-order valence-corrected chi connectivity index (χ4v) is 1.78. The van der Waals surface area contributed by atoms with Crippen molar-refractivity contribution in [1.82, 2.24) is 5.32 Å². The Labute approximate surface area is 115 Å². The van der Waals surface area contributed by atoms with Crippen molar-refractivity contribution in [3.05, 3.63) is 33.4 Å². The van der Waals surface area contributed by atoms with Crippen LogP contribution in [0.5, 0.6) is 0 Å². The number of alkyl halides is 1. The normalized spacial score (nSPS) is 14.2. The van der Waals surface area contributed by atoms with Gasteiger partial charge in [0.1, 0.15) is 0 Å². The van der Waals surface area contributed by atoms with Crippen LogP contribution in [0.25, 0.3) is 0 Å². The maximum atomic E-state index is 11.9. The highest BCUT2D eigenvalue weighted by Gasteiger charge is 2.23. The molecule has 0 spiro atoms. The monoisotopic (exact) mass is 351 g/mol. The molecule has 2 nitrogen and oxygen atoms in total. The highest BCUT2D eigenvalue weighted by atomic mass is 127. The van der Waals surface area contributed by atoms with Crippen LogP contribution in [0.3, 0.4) is 0 Å². The Bertz CT molecular complexity index is 360. The summed E-state index contributed by atoms with van der Waals surface area (Å²) in [5, 5.41) is 2.96. The molecule has 1 aromatic carbocycles. The van der Waals surface area contributed by atoms with Crippen LogP contribution in [0.2, 0.25) is 0 Å². The maximum absolute atomic E-state index is 11.9. The molecule has 0 aliphatic carbocycles. The first-order valence-corrected chi connectivity index (χ1v) is 6.76. The quantitative estimate of drug-likeness (QED) is 0.653. The van der Waals surface area contributed by atoms with E-state index in [-0.39, 0.29) is 11.4 Å². The third-order valence-electron chi connectivity index (χ3n) is 2.60. The van der Waals surface area contributed by atoms with Crippen LogP contribution in [0.15, 0.2) is 24.3 Å². The Morgan fingerprint density at radius 2 is 2.00 bits per heavy atom. The Morgan fingerprint density at radius 1 is 1.44 bits per heavy atom. The summed E-state index contributed by atoms with van der Waals surface area (Å²) < 4.78 is 1.12. The molecule has 1 aromatic rings. The van der Waals surface area contributed by atoms with E-state index in [1.807, 2.05) is 38.1 Å². The molecule has 88 valence electrons. The lowest BCUT2D eigenvalue weighted by molar-refractivity contribution is 0.0912. The molecule has 0 radical (unpaired) electrons. The molecule has 1 atom stereocenters. The molecule has 1 N–H and O–H groups in total. The summed E-state index contributed by atoms with van der Waals surface area (Å²) >= 11 is 8.06. The SMILES string of the molecule is CCC(C)(CCl)NC(=O)c1ccc(I)cc1. The molecule has 1 amide bonds. The molecule has 1 unspecified atom stereocenters. The van der Waals surface area contributed by atoms with Gasteiger partial charge in [-0.05, 0) is 60.2 Å². The predicted octanol–water partition coefficient (Wildman–Crippen LogP) is 3.43. The Kier molecular flexibility index (Phi) is 5.05. The predicted molar refractivity (Wildman–Crippen MR) is 76.0 cm³/mol. The summed E-state index contributed by atoms with van der Waals surface area (Å²) in [6.07, 6.45) is 0.812. The average molecular weight is 352 g/mol. The summed E-state index contributed by atoms with van der Waals surface area (Å²) in [5.74, 6) is 0.348. The number of hydrogen-bond acceptors (Lipinski definition) is 1. The number of carbonyl (C=O) groups excluding carboxylic acids is 1. The van der Waals surface area contributed by atoms with Crippen LogP contribution in [0.4, 0.5) is 0 Å². The Morgan fingerprint density at radius 3 is 2.44 bits per heavy atom. The molecule has 0 heterocycles. The van der Waals surface area contributed by atoms with Gasteiger partial charge in [-0.1, -0.05) is 6.92 Å². The molecular formula is C12H15ClINO. The summed E-state index contributed by atoms with van der Waals surface area (Å²) in [6, 6.07) is 7.47. The van der Waals surface area contributed by atoms with E-state index in [0.717, 1.165) is 9.99 Å². The number of hydrogen-bond donors (Lipinski definition) is 1. The zero-order valence-corrected chi connectivity index (χ0v) is 12.3. The van der Waals surface area contributed by atoms with Crippen molar-refractivity contribution in [3.63, 3.8) is 0 Å². The average Bonchev–Trinajstić information content (AvgIpc) is 2.29. The van der Waals surface area contributed by atoms with Crippen LogP contribution in [-0.4, -0.2) is 17.3 Å². The minimum atomic E-state index is -0.332. The molecule has 0 aliphatic heterocycles. The third-order valence-corrected chi connectivity index (χ3v) is 3.91. The summed E-state index contributed by atoms with van der Waals surface area (Å²) in [4.78, 5) is 11.9. The fourth-order valence-electron chi connectivity index (χ4n) is 1.16. The number of carbonyl (C=O) groups is 1. The van der Waals surface area contributed by atoms with Gasteiger partial charge in [-0.2, -0.15) is 0 Å². The van der Waals surface area contributed by atoms with Crippen molar-refractivity contribution >= 4 is 40.1 Å². The maximum Gasteiger partial charge on any atom is 0.251 e. The topological polar surface area (TPSA) is 29.1 Å². The molecule has 0 fully saturated rings. The van der Waals surface area contributed by atoms with Gasteiger partial charge in [0.05, 0.1) is 5.54 Å². The fraction of sp³-hybridized carbons (Fsp3) is 0.417. The minimum absolute atomic E-state index is 0.0681. The van der Waals surface area contributed by atoms with Gasteiger partial charge in [0.15, 0.2) is 0 Å². The number of benzene rings is 1. The number of halogens is 2. The van der Waals surface area contributed by atoms with E-state index in [1.54, 1.807) is 0 Å². The molecule has 0 saturated carbocycles. The molecule has 1 rings (SSSR count). The van der Waals surface area contributed by atoms with Gasteiger partial charge in [-0.25, -0.2) is 0 Å². The van der Waals surface area contributed by atoms with Crippen molar-refractivity contribution in [2.75, 3.05) is 5.88 Å². The van der Waals surface area contributed by atoms with E-state index in [4.69, 9.17) is 11.6 Å². The van der Waals surface area contributed by atoms with Crippen LogP contribution >= 0.6 is 34.2 Å². The van der Waals surface area contributed by atoms with E-state index >= 15 is 0 Å². The van der Waals surface area contributed by atoms with Crippen LogP contribution in [-0.2, 0) is 0 Å². The van der Waals surface area contributed by atoms with Crippen LogP contribution in [0, 0.1) is 3.57 Å². The summed E-state index contributed by atoms with van der Waals surface area (Å²) in [6.45, 7) is 3.96. The molecule has 0 aliphatic rings. The highest BCUT2D eigenvalue weighted by Crippen LogP contribution is 2.13. The zero-order valence-electron chi connectivity index (χ0n) is 9.39. The molecular weight excluding hydrogens is 336 g/mol. The van der Waals surface area contributed by atoms with Crippen molar-refractivity contribution < 1.29 is 4.79 Å². The van der Waals surface area contributed by atoms with Crippen LogP contribution in [0.1, 0.15) is 30.6 Å². The lowest BCUT2D eigenvalue weighted by Gasteiger charge is -2.27. The number of rotatable bonds is 4. The van der Waals surface area contributed by atoms with Crippen molar-refractivity contribution in [3.8, 4) is 0 Å². The first-order valence-electron chi connectivity index (χ1n) is 5.15. The first kappa shape index (κ1) is 13.8. The van der Waals surface area contributed by atoms with E-state index in [2.05, 4.69) is 27.9 Å². The van der Waals surface area contributed by atoms with Crippen molar-refractivity contribution in [1.29, 1.82) is 0 Å². The third kappa shape index (κ3) is 3.63. The van der Waals surface area contributed by atoms with Crippen molar-refractivity contribution in [2.45, 2.75) is 25.8 Å². The van der Waals surface area contributed by atoms with E-state index in [9.17, 15) is 4.79 Å². The Hall–Kier alpha value is -0.290.